The van der Waals surface area contributed by atoms with Crippen LogP contribution in [0.15, 0.2) is 0 Å². The van der Waals surface area contributed by atoms with Crippen molar-refractivity contribution in [3.63, 3.8) is 0 Å². The largest absolute Gasteiger partial charge is 0.374 e. The fourth-order valence-electron chi connectivity index (χ4n) is 2.81. The Balaban J connectivity index is 1.79. The lowest BCUT2D eigenvalue weighted by Crippen LogP contribution is -2.48. The van der Waals surface area contributed by atoms with Crippen molar-refractivity contribution in [2.45, 2.75) is 63.8 Å². The Morgan fingerprint density at radius 3 is 2.67 bits per heavy atom. The van der Waals surface area contributed by atoms with Gasteiger partial charge in [-0.15, -0.1) is 0 Å². The number of piperidine rings is 1. The third-order valence-corrected chi connectivity index (χ3v) is 3.81. The van der Waals surface area contributed by atoms with E-state index < -0.39 is 0 Å². The van der Waals surface area contributed by atoms with E-state index in [0.717, 1.165) is 25.9 Å². The SMILES string of the molecule is CC1CCC(CN2CCC(N)CC2C)O1. The second kappa shape index (κ2) is 4.81. The minimum Gasteiger partial charge on any atom is -0.374 e. The van der Waals surface area contributed by atoms with Crippen LogP contribution in [0, 0.1) is 0 Å². The molecule has 0 bridgehead atoms. The van der Waals surface area contributed by atoms with Gasteiger partial charge in [0.05, 0.1) is 12.2 Å². The first kappa shape index (κ1) is 11.4. The third kappa shape index (κ3) is 2.92. The quantitative estimate of drug-likeness (QED) is 0.751. The Morgan fingerprint density at radius 1 is 1.27 bits per heavy atom. The molecule has 2 heterocycles. The predicted octanol–water partition coefficient (Wildman–Crippen LogP) is 1.37. The highest BCUT2D eigenvalue weighted by Crippen LogP contribution is 2.23. The van der Waals surface area contributed by atoms with Gasteiger partial charge < -0.3 is 10.5 Å². The molecule has 0 aromatic rings. The molecule has 3 heteroatoms. The van der Waals surface area contributed by atoms with Crippen LogP contribution in [-0.4, -0.2) is 42.3 Å². The van der Waals surface area contributed by atoms with Crippen molar-refractivity contribution in [1.29, 1.82) is 0 Å². The third-order valence-electron chi connectivity index (χ3n) is 3.81. The molecule has 0 saturated carbocycles. The van der Waals surface area contributed by atoms with Crippen LogP contribution in [0.1, 0.15) is 39.5 Å². The molecule has 2 aliphatic heterocycles. The van der Waals surface area contributed by atoms with Gasteiger partial charge in [-0.1, -0.05) is 0 Å². The minimum absolute atomic E-state index is 0.416. The maximum atomic E-state index is 5.96. The molecule has 0 aliphatic carbocycles. The lowest BCUT2D eigenvalue weighted by atomic mass is 9.98. The molecular weight excluding hydrogens is 188 g/mol. The summed E-state index contributed by atoms with van der Waals surface area (Å²) in [7, 11) is 0. The van der Waals surface area contributed by atoms with Gasteiger partial charge in [0.15, 0.2) is 0 Å². The number of ether oxygens (including phenoxy) is 1. The number of hydrogen-bond acceptors (Lipinski definition) is 3. The first-order valence-electron chi connectivity index (χ1n) is 6.30. The van der Waals surface area contributed by atoms with Gasteiger partial charge in [0.25, 0.3) is 0 Å². The van der Waals surface area contributed by atoms with Crippen LogP contribution in [0.2, 0.25) is 0 Å². The van der Waals surface area contributed by atoms with Crippen molar-refractivity contribution < 1.29 is 4.74 Å². The smallest absolute Gasteiger partial charge is 0.0706 e. The van der Waals surface area contributed by atoms with Gasteiger partial charge in [0, 0.05) is 18.6 Å². The second-order valence-electron chi connectivity index (χ2n) is 5.27. The van der Waals surface area contributed by atoms with Gasteiger partial charge in [0.2, 0.25) is 0 Å². The summed E-state index contributed by atoms with van der Waals surface area (Å²) in [5, 5.41) is 0. The van der Waals surface area contributed by atoms with Crippen molar-refractivity contribution in [2.75, 3.05) is 13.1 Å². The minimum atomic E-state index is 0.416. The average Bonchev–Trinajstić information content (AvgIpc) is 2.56. The first-order valence-corrected chi connectivity index (χ1v) is 6.30. The Morgan fingerprint density at radius 2 is 2.07 bits per heavy atom. The standard InChI is InChI=1S/C12H24N2O/c1-9-7-11(13)5-6-14(9)8-12-4-3-10(2)15-12/h9-12H,3-8,13H2,1-2H3. The summed E-state index contributed by atoms with van der Waals surface area (Å²) in [5.41, 5.74) is 5.96. The number of nitrogens with zero attached hydrogens (tertiary/aromatic N) is 1. The normalized spacial score (nSPS) is 43.4. The number of hydrogen-bond donors (Lipinski definition) is 1. The maximum Gasteiger partial charge on any atom is 0.0706 e. The Labute approximate surface area is 93.0 Å². The van der Waals surface area contributed by atoms with Gasteiger partial charge in [-0.3, -0.25) is 4.90 Å². The van der Waals surface area contributed by atoms with Crippen molar-refractivity contribution in [3.05, 3.63) is 0 Å². The molecule has 88 valence electrons. The van der Waals surface area contributed by atoms with E-state index in [0.29, 0.717) is 24.3 Å². The van der Waals surface area contributed by atoms with E-state index in [1.54, 1.807) is 0 Å². The Hall–Kier alpha value is -0.120. The van der Waals surface area contributed by atoms with Crippen LogP contribution in [0.25, 0.3) is 0 Å². The monoisotopic (exact) mass is 212 g/mol. The molecule has 2 aliphatic rings. The topological polar surface area (TPSA) is 38.5 Å². The van der Waals surface area contributed by atoms with Crippen molar-refractivity contribution >= 4 is 0 Å². The van der Waals surface area contributed by atoms with Gasteiger partial charge in [-0.2, -0.15) is 0 Å². The molecule has 4 unspecified atom stereocenters. The van der Waals surface area contributed by atoms with Crippen LogP contribution in [-0.2, 0) is 4.74 Å². The fraction of sp³-hybridized carbons (Fsp3) is 1.00. The van der Waals surface area contributed by atoms with Crippen molar-refractivity contribution in [1.82, 2.24) is 4.90 Å². The van der Waals surface area contributed by atoms with E-state index in [4.69, 9.17) is 10.5 Å². The lowest BCUT2D eigenvalue weighted by Gasteiger charge is -2.37. The molecule has 0 radical (unpaired) electrons. The predicted molar refractivity (Wildman–Crippen MR) is 61.8 cm³/mol. The summed E-state index contributed by atoms with van der Waals surface area (Å²) < 4.78 is 5.87. The van der Waals surface area contributed by atoms with E-state index in [-0.39, 0.29) is 0 Å². The number of likely N-dealkylation sites (tertiary alicyclic amines) is 1. The van der Waals surface area contributed by atoms with E-state index in [1.807, 2.05) is 0 Å². The highest BCUT2D eigenvalue weighted by Gasteiger charge is 2.28. The second-order valence-corrected chi connectivity index (χ2v) is 5.27. The van der Waals surface area contributed by atoms with E-state index in [9.17, 15) is 0 Å². The van der Waals surface area contributed by atoms with Gasteiger partial charge >= 0.3 is 0 Å². The van der Waals surface area contributed by atoms with Crippen LogP contribution in [0.5, 0.6) is 0 Å². The zero-order valence-electron chi connectivity index (χ0n) is 9.98. The highest BCUT2D eigenvalue weighted by molar-refractivity contribution is 4.83. The van der Waals surface area contributed by atoms with E-state index in [1.165, 1.54) is 12.8 Å². The molecule has 0 aromatic carbocycles. The van der Waals surface area contributed by atoms with Gasteiger partial charge in [-0.05, 0) is 46.1 Å². The molecule has 4 atom stereocenters. The Kier molecular flexibility index (Phi) is 3.65. The van der Waals surface area contributed by atoms with E-state index >= 15 is 0 Å². The molecule has 0 amide bonds. The van der Waals surface area contributed by atoms with Crippen LogP contribution >= 0.6 is 0 Å². The number of nitrogens with two attached hydrogens (primary N) is 1. The van der Waals surface area contributed by atoms with E-state index in [2.05, 4.69) is 18.7 Å². The molecule has 0 aromatic heterocycles. The molecule has 3 nitrogen and oxygen atoms in total. The molecule has 0 spiro atoms. The zero-order valence-corrected chi connectivity index (χ0v) is 9.98. The van der Waals surface area contributed by atoms with Gasteiger partial charge in [0.1, 0.15) is 0 Å². The molecular formula is C12H24N2O. The van der Waals surface area contributed by atoms with Crippen molar-refractivity contribution in [2.24, 2.45) is 5.73 Å². The zero-order chi connectivity index (χ0) is 10.8. The summed E-state index contributed by atoms with van der Waals surface area (Å²) in [6.07, 6.45) is 5.69. The highest BCUT2D eigenvalue weighted by atomic mass is 16.5. The molecule has 2 fully saturated rings. The van der Waals surface area contributed by atoms with Gasteiger partial charge in [-0.25, -0.2) is 0 Å². The summed E-state index contributed by atoms with van der Waals surface area (Å²) in [5.74, 6) is 0. The summed E-state index contributed by atoms with van der Waals surface area (Å²) >= 11 is 0. The lowest BCUT2D eigenvalue weighted by molar-refractivity contribution is 0.0144. The summed E-state index contributed by atoms with van der Waals surface area (Å²) in [4.78, 5) is 2.55. The molecule has 2 saturated heterocycles. The molecule has 2 rings (SSSR count). The molecule has 15 heavy (non-hydrogen) atoms. The summed E-state index contributed by atoms with van der Waals surface area (Å²) in [6.45, 7) is 6.72. The number of rotatable bonds is 2. The average molecular weight is 212 g/mol. The first-order chi connectivity index (χ1) is 7.15. The van der Waals surface area contributed by atoms with Crippen LogP contribution in [0.4, 0.5) is 0 Å². The Bertz CT molecular complexity index is 210. The maximum absolute atomic E-state index is 5.96. The van der Waals surface area contributed by atoms with Crippen LogP contribution in [0.3, 0.4) is 0 Å². The van der Waals surface area contributed by atoms with Crippen molar-refractivity contribution in [3.8, 4) is 0 Å². The fourth-order valence-corrected chi connectivity index (χ4v) is 2.81. The van der Waals surface area contributed by atoms with Crippen LogP contribution < -0.4 is 5.73 Å². The molecule has 2 N–H and O–H groups in total. The summed E-state index contributed by atoms with van der Waals surface area (Å²) in [6, 6.07) is 1.05.